The first-order chi connectivity index (χ1) is 7.85. The fraction of sp³-hybridized carbons (Fsp3) is 1.00. The minimum absolute atomic E-state index is 0. The molecule has 0 rings (SSSR count). The van der Waals surface area contributed by atoms with Crippen LogP contribution >= 0.6 is 24.0 Å². The van der Waals surface area contributed by atoms with Gasteiger partial charge in [-0.25, -0.2) is 0 Å². The summed E-state index contributed by atoms with van der Waals surface area (Å²) in [5.74, 6) is 0.779. The number of unbranched alkanes of at least 4 members (excludes halogenated alkanes) is 6. The summed E-state index contributed by atoms with van der Waals surface area (Å²) in [7, 11) is 0. The summed E-state index contributed by atoms with van der Waals surface area (Å²) in [6, 6.07) is 0. The standard InChI is InChI=1S/C14H30ClN.ClH/c1-3-5-7-9-12-16(14-11-15)13-10-8-6-4-2;/h3-14H2,1-2H3;1H. The van der Waals surface area contributed by atoms with Crippen molar-refractivity contribution < 1.29 is 0 Å². The molecule has 0 amide bonds. The van der Waals surface area contributed by atoms with E-state index in [0.29, 0.717) is 0 Å². The van der Waals surface area contributed by atoms with Gasteiger partial charge < -0.3 is 4.90 Å². The van der Waals surface area contributed by atoms with Crippen molar-refractivity contribution in [2.75, 3.05) is 25.5 Å². The molecule has 106 valence electrons. The van der Waals surface area contributed by atoms with Crippen LogP contribution in [-0.2, 0) is 0 Å². The molecule has 0 aliphatic carbocycles. The van der Waals surface area contributed by atoms with Gasteiger partial charge in [-0.2, -0.15) is 0 Å². The van der Waals surface area contributed by atoms with E-state index in [-0.39, 0.29) is 12.4 Å². The highest BCUT2D eigenvalue weighted by molar-refractivity contribution is 6.18. The van der Waals surface area contributed by atoms with Gasteiger partial charge in [0, 0.05) is 12.4 Å². The summed E-state index contributed by atoms with van der Waals surface area (Å²) in [5.41, 5.74) is 0. The molecule has 0 unspecified atom stereocenters. The molecule has 0 bridgehead atoms. The summed E-state index contributed by atoms with van der Waals surface area (Å²) in [6.45, 7) is 8.10. The van der Waals surface area contributed by atoms with Crippen LogP contribution < -0.4 is 0 Å². The second kappa shape index (κ2) is 16.5. The maximum Gasteiger partial charge on any atom is 0.0351 e. The fourth-order valence-corrected chi connectivity index (χ4v) is 2.22. The first-order valence-electron chi connectivity index (χ1n) is 7.13. The molecular weight excluding hydrogens is 253 g/mol. The molecule has 0 fully saturated rings. The fourth-order valence-electron chi connectivity index (χ4n) is 1.98. The molecule has 0 aliphatic rings. The summed E-state index contributed by atoms with van der Waals surface area (Å²) in [6.07, 6.45) is 10.9. The van der Waals surface area contributed by atoms with Gasteiger partial charge in [-0.15, -0.1) is 24.0 Å². The van der Waals surface area contributed by atoms with Crippen LogP contribution in [0.3, 0.4) is 0 Å². The lowest BCUT2D eigenvalue weighted by atomic mass is 10.1. The van der Waals surface area contributed by atoms with Gasteiger partial charge in [0.05, 0.1) is 0 Å². The lowest BCUT2D eigenvalue weighted by Crippen LogP contribution is -2.28. The van der Waals surface area contributed by atoms with Crippen molar-refractivity contribution in [2.24, 2.45) is 0 Å². The number of hydrogen-bond donors (Lipinski definition) is 0. The van der Waals surface area contributed by atoms with Gasteiger partial charge in [0.15, 0.2) is 0 Å². The third kappa shape index (κ3) is 14.5. The van der Waals surface area contributed by atoms with E-state index in [1.54, 1.807) is 0 Å². The highest BCUT2D eigenvalue weighted by Crippen LogP contribution is 2.05. The molecule has 0 aromatic heterocycles. The van der Waals surface area contributed by atoms with Crippen LogP contribution in [0.1, 0.15) is 65.2 Å². The number of halogens is 2. The molecule has 3 heteroatoms. The van der Waals surface area contributed by atoms with Gasteiger partial charge >= 0.3 is 0 Å². The largest absolute Gasteiger partial charge is 0.302 e. The van der Waals surface area contributed by atoms with Gasteiger partial charge in [0.25, 0.3) is 0 Å². The number of hydrogen-bond acceptors (Lipinski definition) is 1. The average Bonchev–Trinajstić information content (AvgIpc) is 2.30. The molecule has 0 atom stereocenters. The van der Waals surface area contributed by atoms with Crippen LogP contribution in [0.15, 0.2) is 0 Å². The molecular formula is C14H31Cl2N. The Kier molecular flexibility index (Phi) is 19.3. The third-order valence-corrected chi connectivity index (χ3v) is 3.23. The Morgan fingerprint density at radius 2 is 1.18 bits per heavy atom. The maximum atomic E-state index is 5.83. The lowest BCUT2D eigenvalue weighted by molar-refractivity contribution is 0.275. The Labute approximate surface area is 120 Å². The SMILES string of the molecule is CCCCCCN(CCCl)CCCCCC.Cl. The third-order valence-electron chi connectivity index (χ3n) is 3.06. The number of alkyl halides is 1. The van der Waals surface area contributed by atoms with Gasteiger partial charge in [-0.3, -0.25) is 0 Å². The zero-order chi connectivity index (χ0) is 12.1. The first kappa shape index (κ1) is 19.9. The number of rotatable bonds is 12. The molecule has 0 saturated carbocycles. The zero-order valence-electron chi connectivity index (χ0n) is 11.7. The molecule has 0 heterocycles. The predicted octanol–water partition coefficient (Wildman–Crippen LogP) is 5.11. The molecule has 1 nitrogen and oxygen atoms in total. The second-order valence-corrected chi connectivity index (χ2v) is 5.03. The maximum absolute atomic E-state index is 5.83. The quantitative estimate of drug-likeness (QED) is 0.355. The molecule has 0 aliphatic heterocycles. The summed E-state index contributed by atoms with van der Waals surface area (Å²) in [4.78, 5) is 2.54. The minimum atomic E-state index is 0. The Balaban J connectivity index is 0. The molecule has 0 aromatic rings. The Morgan fingerprint density at radius 1 is 0.706 bits per heavy atom. The van der Waals surface area contributed by atoms with Crippen LogP contribution in [-0.4, -0.2) is 30.4 Å². The van der Waals surface area contributed by atoms with E-state index in [1.807, 2.05) is 0 Å². The second-order valence-electron chi connectivity index (χ2n) is 4.65. The lowest BCUT2D eigenvalue weighted by Gasteiger charge is -2.21. The predicted molar refractivity (Wildman–Crippen MR) is 82.7 cm³/mol. The minimum Gasteiger partial charge on any atom is -0.302 e. The van der Waals surface area contributed by atoms with Gasteiger partial charge in [0.1, 0.15) is 0 Å². The van der Waals surface area contributed by atoms with E-state index in [4.69, 9.17) is 11.6 Å². The molecule has 0 radical (unpaired) electrons. The topological polar surface area (TPSA) is 3.24 Å². The molecule has 0 saturated heterocycles. The highest BCUT2D eigenvalue weighted by atomic mass is 35.5. The first-order valence-corrected chi connectivity index (χ1v) is 7.66. The summed E-state index contributed by atoms with van der Waals surface area (Å²) >= 11 is 5.83. The highest BCUT2D eigenvalue weighted by Gasteiger charge is 2.03. The average molecular weight is 284 g/mol. The van der Waals surface area contributed by atoms with Crippen molar-refractivity contribution in [1.29, 1.82) is 0 Å². The smallest absolute Gasteiger partial charge is 0.0351 e. The van der Waals surface area contributed by atoms with E-state index in [1.165, 1.54) is 64.5 Å². The van der Waals surface area contributed by atoms with Crippen molar-refractivity contribution in [3.8, 4) is 0 Å². The Bertz CT molecular complexity index is 119. The van der Waals surface area contributed by atoms with Crippen LogP contribution in [0.2, 0.25) is 0 Å². The molecule has 0 aromatic carbocycles. The van der Waals surface area contributed by atoms with E-state index in [2.05, 4.69) is 18.7 Å². The van der Waals surface area contributed by atoms with Gasteiger partial charge in [-0.05, 0) is 25.9 Å². The summed E-state index contributed by atoms with van der Waals surface area (Å²) < 4.78 is 0. The van der Waals surface area contributed by atoms with E-state index in [0.717, 1.165) is 12.4 Å². The van der Waals surface area contributed by atoms with Gasteiger partial charge in [0.2, 0.25) is 0 Å². The van der Waals surface area contributed by atoms with E-state index >= 15 is 0 Å². The normalized spacial score (nSPS) is 10.6. The monoisotopic (exact) mass is 283 g/mol. The molecule has 0 N–H and O–H groups in total. The Hall–Kier alpha value is 0.540. The van der Waals surface area contributed by atoms with Crippen LogP contribution in [0.25, 0.3) is 0 Å². The van der Waals surface area contributed by atoms with Crippen LogP contribution in [0.5, 0.6) is 0 Å². The van der Waals surface area contributed by atoms with Crippen LogP contribution in [0.4, 0.5) is 0 Å². The van der Waals surface area contributed by atoms with E-state index in [9.17, 15) is 0 Å². The summed E-state index contributed by atoms with van der Waals surface area (Å²) in [5, 5.41) is 0. The zero-order valence-corrected chi connectivity index (χ0v) is 13.3. The molecule has 0 spiro atoms. The number of nitrogens with zero attached hydrogens (tertiary/aromatic N) is 1. The van der Waals surface area contributed by atoms with Crippen molar-refractivity contribution >= 4 is 24.0 Å². The molecule has 17 heavy (non-hydrogen) atoms. The van der Waals surface area contributed by atoms with Crippen molar-refractivity contribution in [3.05, 3.63) is 0 Å². The van der Waals surface area contributed by atoms with Crippen molar-refractivity contribution in [1.82, 2.24) is 4.90 Å². The van der Waals surface area contributed by atoms with Crippen molar-refractivity contribution in [3.63, 3.8) is 0 Å². The van der Waals surface area contributed by atoms with Gasteiger partial charge in [-0.1, -0.05) is 52.4 Å². The van der Waals surface area contributed by atoms with Crippen molar-refractivity contribution in [2.45, 2.75) is 65.2 Å². The Morgan fingerprint density at radius 3 is 1.53 bits per heavy atom. The van der Waals surface area contributed by atoms with Crippen LogP contribution in [0, 0.1) is 0 Å². The van der Waals surface area contributed by atoms with E-state index < -0.39 is 0 Å².